The van der Waals surface area contributed by atoms with Crippen molar-refractivity contribution in [2.45, 2.75) is 197 Å². The van der Waals surface area contributed by atoms with Crippen LogP contribution >= 0.6 is 0 Å². The molecule has 0 radical (unpaired) electrons. The molecule has 0 aliphatic rings. The summed E-state index contributed by atoms with van der Waals surface area (Å²) in [4.78, 5) is 40.7. The summed E-state index contributed by atoms with van der Waals surface area (Å²) in [6.45, 7) is 26.2. The van der Waals surface area contributed by atoms with E-state index in [1.165, 1.54) is 19.3 Å². The summed E-state index contributed by atoms with van der Waals surface area (Å²) in [5.41, 5.74) is 5.14. The van der Waals surface area contributed by atoms with Crippen molar-refractivity contribution in [1.82, 2.24) is 0 Å². The number of benzene rings is 1. The van der Waals surface area contributed by atoms with E-state index in [9.17, 15) is 14.4 Å². The van der Waals surface area contributed by atoms with Gasteiger partial charge < -0.3 is 16.0 Å². The molecule has 276 valence electrons. The highest BCUT2D eigenvalue weighted by Gasteiger charge is 2.30. The SMILES string of the molecule is CC(C)CCCCCC(=O)Nc1c(C(C)C)c(NC(=O)CCCCCC(C)C)c(C(C)C)c(NC(=O)CCCCCC(C)C)c1C(C)C. The van der Waals surface area contributed by atoms with E-state index in [-0.39, 0.29) is 35.5 Å². The van der Waals surface area contributed by atoms with Gasteiger partial charge in [0.2, 0.25) is 17.7 Å². The maximum Gasteiger partial charge on any atom is 0.224 e. The van der Waals surface area contributed by atoms with Gasteiger partial charge in [-0.2, -0.15) is 0 Å². The minimum atomic E-state index is -0.00879. The van der Waals surface area contributed by atoms with Gasteiger partial charge in [-0.1, -0.05) is 141 Å². The molecule has 0 fully saturated rings. The number of hydrogen-bond acceptors (Lipinski definition) is 3. The largest absolute Gasteiger partial charge is 0.325 e. The van der Waals surface area contributed by atoms with Crippen molar-refractivity contribution in [3.05, 3.63) is 16.7 Å². The van der Waals surface area contributed by atoms with Gasteiger partial charge in [-0.05, 0) is 54.8 Å². The van der Waals surface area contributed by atoms with Crippen LogP contribution in [-0.4, -0.2) is 17.7 Å². The van der Waals surface area contributed by atoms with E-state index in [1.807, 2.05) is 0 Å². The van der Waals surface area contributed by atoms with Gasteiger partial charge in [0.25, 0.3) is 0 Å². The minimum Gasteiger partial charge on any atom is -0.325 e. The number of carbonyl (C=O) groups is 3. The normalized spacial score (nSPS) is 11.9. The van der Waals surface area contributed by atoms with E-state index in [0.717, 1.165) is 91.5 Å². The molecule has 1 aromatic rings. The maximum absolute atomic E-state index is 13.6. The van der Waals surface area contributed by atoms with Gasteiger partial charge in [0.05, 0.1) is 17.1 Å². The zero-order valence-corrected chi connectivity index (χ0v) is 33.3. The van der Waals surface area contributed by atoms with E-state index in [1.54, 1.807) is 0 Å². The van der Waals surface area contributed by atoms with Gasteiger partial charge in [0.1, 0.15) is 0 Å². The Morgan fingerprint density at radius 3 is 0.792 bits per heavy atom. The van der Waals surface area contributed by atoms with Crippen molar-refractivity contribution in [2.24, 2.45) is 17.8 Å². The van der Waals surface area contributed by atoms with Crippen LogP contribution in [0.2, 0.25) is 0 Å². The van der Waals surface area contributed by atoms with Crippen LogP contribution in [0.25, 0.3) is 0 Å². The fourth-order valence-electron chi connectivity index (χ4n) is 6.60. The Morgan fingerprint density at radius 1 is 0.375 bits per heavy atom. The van der Waals surface area contributed by atoms with E-state index in [0.29, 0.717) is 37.0 Å². The average molecular weight is 670 g/mol. The van der Waals surface area contributed by atoms with Gasteiger partial charge in [-0.25, -0.2) is 0 Å². The molecule has 1 aromatic carbocycles. The highest BCUT2D eigenvalue weighted by molar-refractivity contribution is 6.03. The molecule has 0 saturated carbocycles. The molecular formula is C42H75N3O3. The van der Waals surface area contributed by atoms with Crippen molar-refractivity contribution in [3.8, 4) is 0 Å². The van der Waals surface area contributed by atoms with E-state index >= 15 is 0 Å². The molecular weight excluding hydrogens is 594 g/mol. The van der Waals surface area contributed by atoms with Crippen LogP contribution in [0, 0.1) is 17.8 Å². The predicted octanol–water partition coefficient (Wildman–Crippen LogP) is 12.7. The number of nitrogens with one attached hydrogen (secondary N) is 3. The number of hydrogen-bond donors (Lipinski definition) is 3. The van der Waals surface area contributed by atoms with Crippen LogP contribution in [0.1, 0.15) is 214 Å². The summed E-state index contributed by atoms with van der Waals surface area (Å²) >= 11 is 0. The van der Waals surface area contributed by atoms with Gasteiger partial charge in [-0.15, -0.1) is 0 Å². The molecule has 0 unspecified atom stereocenters. The van der Waals surface area contributed by atoms with E-state index in [2.05, 4.69) is 99.0 Å². The standard InChI is InChI=1S/C42H75N3O3/c1-28(2)22-16-13-19-25-34(46)43-40-37(31(7)8)41(44-35(47)26-20-14-17-23-29(3)4)39(33(11)12)42(38(40)32(9)10)45-36(48)27-21-15-18-24-30(5)6/h28-33H,13-27H2,1-12H3,(H,43,46)(H,44,47)(H,45,48). The molecule has 0 atom stereocenters. The van der Waals surface area contributed by atoms with E-state index in [4.69, 9.17) is 0 Å². The molecule has 0 saturated heterocycles. The monoisotopic (exact) mass is 670 g/mol. The fraction of sp³-hybridized carbons (Fsp3) is 0.786. The number of amides is 3. The van der Waals surface area contributed by atoms with Crippen LogP contribution in [0.5, 0.6) is 0 Å². The zero-order valence-electron chi connectivity index (χ0n) is 33.3. The molecule has 0 aliphatic carbocycles. The summed E-state index contributed by atoms with van der Waals surface area (Å²) in [5.74, 6) is 2.09. The Kier molecular flexibility index (Phi) is 21.0. The summed E-state index contributed by atoms with van der Waals surface area (Å²) in [6.07, 6.45) is 13.9. The van der Waals surface area contributed by atoms with Crippen LogP contribution in [0.4, 0.5) is 17.1 Å². The molecule has 1 rings (SSSR count). The highest BCUT2D eigenvalue weighted by Crippen LogP contribution is 2.49. The lowest BCUT2D eigenvalue weighted by Crippen LogP contribution is -2.24. The second-order valence-electron chi connectivity index (χ2n) is 16.5. The Hall–Kier alpha value is -2.37. The molecule has 0 aromatic heterocycles. The molecule has 48 heavy (non-hydrogen) atoms. The molecule has 0 heterocycles. The zero-order chi connectivity index (χ0) is 36.4. The van der Waals surface area contributed by atoms with Crippen LogP contribution in [0.15, 0.2) is 0 Å². The smallest absolute Gasteiger partial charge is 0.224 e. The number of unbranched alkanes of at least 4 members (excludes halogenated alkanes) is 6. The molecule has 0 aliphatic heterocycles. The van der Waals surface area contributed by atoms with Gasteiger partial charge in [0, 0.05) is 36.0 Å². The average Bonchev–Trinajstić information content (AvgIpc) is 2.95. The summed E-state index contributed by atoms with van der Waals surface area (Å²) in [7, 11) is 0. The lowest BCUT2D eigenvalue weighted by Gasteiger charge is -2.31. The third kappa shape index (κ3) is 16.4. The van der Waals surface area contributed by atoms with E-state index < -0.39 is 0 Å². The Bertz CT molecular complexity index is 959. The summed E-state index contributed by atoms with van der Waals surface area (Å²) in [5, 5.41) is 10.0. The van der Waals surface area contributed by atoms with Crippen LogP contribution in [-0.2, 0) is 14.4 Å². The first kappa shape index (κ1) is 43.7. The first-order chi connectivity index (χ1) is 22.6. The third-order valence-corrected chi connectivity index (χ3v) is 9.20. The summed E-state index contributed by atoms with van der Waals surface area (Å²) in [6, 6.07) is 0. The Labute approximate surface area is 296 Å². The quantitative estimate of drug-likeness (QED) is 0.0957. The van der Waals surface area contributed by atoms with Gasteiger partial charge in [-0.3, -0.25) is 14.4 Å². The minimum absolute atomic E-state index is 0.00879. The number of anilines is 3. The van der Waals surface area contributed by atoms with Crippen LogP contribution in [0.3, 0.4) is 0 Å². The Morgan fingerprint density at radius 2 is 0.604 bits per heavy atom. The fourth-order valence-corrected chi connectivity index (χ4v) is 6.60. The predicted molar refractivity (Wildman–Crippen MR) is 208 cm³/mol. The molecule has 3 amide bonds. The first-order valence-electron chi connectivity index (χ1n) is 19.7. The van der Waals surface area contributed by atoms with Crippen molar-refractivity contribution >= 4 is 34.8 Å². The summed E-state index contributed by atoms with van der Waals surface area (Å²) < 4.78 is 0. The number of carbonyl (C=O) groups excluding carboxylic acids is 3. The Balaban J connectivity index is 3.61. The topological polar surface area (TPSA) is 87.3 Å². The third-order valence-electron chi connectivity index (χ3n) is 9.20. The molecule has 6 heteroatoms. The molecule has 6 nitrogen and oxygen atoms in total. The first-order valence-corrected chi connectivity index (χ1v) is 19.7. The van der Waals surface area contributed by atoms with Crippen molar-refractivity contribution in [2.75, 3.05) is 16.0 Å². The van der Waals surface area contributed by atoms with Gasteiger partial charge in [0.15, 0.2) is 0 Å². The second kappa shape index (κ2) is 23.1. The molecule has 0 bridgehead atoms. The highest BCUT2D eigenvalue weighted by atomic mass is 16.2. The lowest BCUT2D eigenvalue weighted by atomic mass is 9.82. The second-order valence-corrected chi connectivity index (χ2v) is 16.5. The van der Waals surface area contributed by atoms with Gasteiger partial charge >= 0.3 is 0 Å². The molecule has 3 N–H and O–H groups in total. The van der Waals surface area contributed by atoms with Crippen LogP contribution < -0.4 is 16.0 Å². The maximum atomic E-state index is 13.6. The van der Waals surface area contributed by atoms with Crippen molar-refractivity contribution < 1.29 is 14.4 Å². The number of rotatable bonds is 24. The van der Waals surface area contributed by atoms with Crippen molar-refractivity contribution in [1.29, 1.82) is 0 Å². The lowest BCUT2D eigenvalue weighted by molar-refractivity contribution is -0.117. The molecule has 0 spiro atoms. The van der Waals surface area contributed by atoms with Crippen molar-refractivity contribution in [3.63, 3.8) is 0 Å².